The van der Waals surface area contributed by atoms with Gasteiger partial charge in [0.2, 0.25) is 5.95 Å². The van der Waals surface area contributed by atoms with Crippen molar-refractivity contribution in [1.82, 2.24) is 20.2 Å². The number of piperidine rings is 1. The zero-order chi connectivity index (χ0) is 23.4. The van der Waals surface area contributed by atoms with Gasteiger partial charge in [0, 0.05) is 62.3 Å². The first-order valence-electron chi connectivity index (χ1n) is 12.2. The first kappa shape index (κ1) is 23.1. The molecular formula is C25H37N7O. The summed E-state index contributed by atoms with van der Waals surface area (Å²) in [5, 5.41) is 3.11. The molecule has 8 heteroatoms. The Morgan fingerprint density at radius 2 is 1.85 bits per heavy atom. The molecule has 1 aromatic heterocycles. The molecule has 0 spiro atoms. The maximum Gasteiger partial charge on any atom is 0.318 e. The fourth-order valence-electron chi connectivity index (χ4n) is 4.86. The lowest BCUT2D eigenvalue weighted by Crippen LogP contribution is -2.51. The molecule has 33 heavy (non-hydrogen) atoms. The van der Waals surface area contributed by atoms with Gasteiger partial charge in [-0.3, -0.25) is 0 Å². The van der Waals surface area contributed by atoms with E-state index >= 15 is 0 Å². The maximum atomic E-state index is 13.2. The third-order valence-electron chi connectivity index (χ3n) is 6.49. The summed E-state index contributed by atoms with van der Waals surface area (Å²) in [6, 6.07) is 11.0. The number of urea groups is 1. The highest BCUT2D eigenvalue weighted by molar-refractivity contribution is 5.75. The summed E-state index contributed by atoms with van der Waals surface area (Å²) >= 11 is 0. The molecule has 0 atom stereocenters. The van der Waals surface area contributed by atoms with Gasteiger partial charge in [-0.05, 0) is 64.2 Å². The van der Waals surface area contributed by atoms with Crippen molar-refractivity contribution in [2.45, 2.75) is 65.1 Å². The van der Waals surface area contributed by atoms with Crippen LogP contribution < -0.4 is 20.9 Å². The Hall–Kier alpha value is -3.03. The Morgan fingerprint density at radius 3 is 2.52 bits per heavy atom. The number of carbonyl (C=O) groups is 1. The van der Waals surface area contributed by atoms with E-state index in [0.717, 1.165) is 50.5 Å². The number of nitrogens with one attached hydrogen (secondary N) is 1. The molecule has 1 aromatic carbocycles. The van der Waals surface area contributed by atoms with Crippen LogP contribution in [0.3, 0.4) is 0 Å². The van der Waals surface area contributed by atoms with Crippen LogP contribution in [-0.4, -0.2) is 59.2 Å². The minimum atomic E-state index is 0.0113. The zero-order valence-electron chi connectivity index (χ0n) is 20.1. The Morgan fingerprint density at radius 1 is 1.12 bits per heavy atom. The van der Waals surface area contributed by atoms with Crippen molar-refractivity contribution < 1.29 is 4.79 Å². The highest BCUT2D eigenvalue weighted by Crippen LogP contribution is 2.26. The van der Waals surface area contributed by atoms with Crippen molar-refractivity contribution in [3.05, 3.63) is 41.6 Å². The van der Waals surface area contributed by atoms with E-state index in [1.807, 2.05) is 31.7 Å². The van der Waals surface area contributed by atoms with Crippen molar-refractivity contribution >= 4 is 23.5 Å². The van der Waals surface area contributed by atoms with Crippen LogP contribution in [-0.2, 0) is 6.54 Å². The highest BCUT2D eigenvalue weighted by atomic mass is 16.2. The molecule has 2 fully saturated rings. The topological polar surface area (TPSA) is 90.6 Å². The standard InChI is InChI=1S/C25H37N7O/c1-18(2)27-25(33)32(17-20-7-6-8-22(16-20)30-11-4-5-12-30)21-9-13-31(14-10-21)23-15-19(3)28-24(26)29-23/h6-8,15-16,18,21H,4-5,9-14,17H2,1-3H3,(H,27,33)(H2,26,28,29). The van der Waals surface area contributed by atoms with Gasteiger partial charge in [0.1, 0.15) is 5.82 Å². The Kier molecular flexibility index (Phi) is 7.20. The summed E-state index contributed by atoms with van der Waals surface area (Å²) in [5.74, 6) is 1.18. The normalized spacial score (nSPS) is 17.0. The molecule has 0 unspecified atom stereocenters. The molecule has 3 N–H and O–H groups in total. The lowest BCUT2D eigenvalue weighted by Gasteiger charge is -2.39. The minimum Gasteiger partial charge on any atom is -0.372 e. The van der Waals surface area contributed by atoms with Crippen molar-refractivity contribution in [1.29, 1.82) is 0 Å². The van der Waals surface area contributed by atoms with E-state index in [0.29, 0.717) is 12.5 Å². The maximum absolute atomic E-state index is 13.2. The third-order valence-corrected chi connectivity index (χ3v) is 6.49. The second-order valence-electron chi connectivity index (χ2n) is 9.54. The van der Waals surface area contributed by atoms with E-state index < -0.39 is 0 Å². The van der Waals surface area contributed by atoms with Crippen LogP contribution >= 0.6 is 0 Å². The predicted octanol–water partition coefficient (Wildman–Crippen LogP) is 3.56. The van der Waals surface area contributed by atoms with Crippen LogP contribution in [0.25, 0.3) is 0 Å². The molecular weight excluding hydrogens is 414 g/mol. The number of benzene rings is 1. The molecule has 0 radical (unpaired) electrons. The molecule has 0 bridgehead atoms. The minimum absolute atomic E-state index is 0.0113. The number of aryl methyl sites for hydroxylation is 1. The number of anilines is 3. The van der Waals surface area contributed by atoms with Gasteiger partial charge in [-0.15, -0.1) is 0 Å². The monoisotopic (exact) mass is 451 g/mol. The van der Waals surface area contributed by atoms with Gasteiger partial charge < -0.3 is 25.8 Å². The van der Waals surface area contributed by atoms with Crippen molar-refractivity contribution in [3.8, 4) is 0 Å². The summed E-state index contributed by atoms with van der Waals surface area (Å²) in [5.41, 5.74) is 9.17. The van der Waals surface area contributed by atoms with E-state index in [2.05, 4.69) is 49.4 Å². The Bertz CT molecular complexity index is 929. The first-order valence-corrected chi connectivity index (χ1v) is 12.2. The molecule has 178 valence electrons. The first-order chi connectivity index (χ1) is 15.9. The molecule has 0 aliphatic carbocycles. The quantitative estimate of drug-likeness (QED) is 0.698. The summed E-state index contributed by atoms with van der Waals surface area (Å²) in [7, 11) is 0. The number of nitrogens with two attached hydrogens (primary N) is 1. The SMILES string of the molecule is Cc1cc(N2CCC(N(Cc3cccc(N4CCCC4)c3)C(=O)NC(C)C)CC2)nc(N)n1. The zero-order valence-corrected chi connectivity index (χ0v) is 20.1. The molecule has 2 aliphatic rings. The average Bonchev–Trinajstić information content (AvgIpc) is 3.32. The van der Waals surface area contributed by atoms with E-state index in [1.165, 1.54) is 24.1 Å². The van der Waals surface area contributed by atoms with Gasteiger partial charge in [-0.25, -0.2) is 9.78 Å². The molecule has 3 heterocycles. The summed E-state index contributed by atoms with van der Waals surface area (Å²) in [6.45, 7) is 10.5. The number of carbonyl (C=O) groups excluding carboxylic acids is 1. The van der Waals surface area contributed by atoms with E-state index in [4.69, 9.17) is 5.73 Å². The van der Waals surface area contributed by atoms with Crippen LogP contribution in [0, 0.1) is 6.92 Å². The fraction of sp³-hybridized carbons (Fsp3) is 0.560. The van der Waals surface area contributed by atoms with Crippen molar-refractivity contribution in [3.63, 3.8) is 0 Å². The fourth-order valence-corrected chi connectivity index (χ4v) is 4.86. The number of aromatic nitrogens is 2. The summed E-state index contributed by atoms with van der Waals surface area (Å²) in [4.78, 5) is 28.5. The van der Waals surface area contributed by atoms with Crippen LogP contribution in [0.1, 0.15) is 50.8 Å². The molecule has 0 saturated carbocycles. The van der Waals surface area contributed by atoms with Gasteiger partial charge in [0.25, 0.3) is 0 Å². The van der Waals surface area contributed by atoms with E-state index in [1.54, 1.807) is 0 Å². The second-order valence-corrected chi connectivity index (χ2v) is 9.54. The van der Waals surface area contributed by atoms with E-state index in [9.17, 15) is 4.79 Å². The molecule has 8 nitrogen and oxygen atoms in total. The summed E-state index contributed by atoms with van der Waals surface area (Å²) < 4.78 is 0. The number of nitrogens with zero attached hydrogens (tertiary/aromatic N) is 5. The second kappa shape index (κ2) is 10.3. The molecule has 2 amide bonds. The summed E-state index contributed by atoms with van der Waals surface area (Å²) in [6.07, 6.45) is 4.28. The number of hydrogen-bond acceptors (Lipinski definition) is 6. The number of rotatable bonds is 6. The number of nitrogen functional groups attached to an aromatic ring is 1. The third kappa shape index (κ3) is 5.86. The molecule has 2 saturated heterocycles. The molecule has 4 rings (SSSR count). The lowest BCUT2D eigenvalue weighted by atomic mass is 10.0. The Labute approximate surface area is 197 Å². The average molecular weight is 452 g/mol. The van der Waals surface area contributed by atoms with Crippen molar-refractivity contribution in [2.24, 2.45) is 0 Å². The van der Waals surface area contributed by atoms with Gasteiger partial charge in [0.05, 0.1) is 0 Å². The molecule has 2 aromatic rings. The lowest BCUT2D eigenvalue weighted by molar-refractivity contribution is 0.155. The van der Waals surface area contributed by atoms with Gasteiger partial charge in [-0.2, -0.15) is 4.98 Å². The predicted molar refractivity (Wildman–Crippen MR) is 134 cm³/mol. The van der Waals surface area contributed by atoms with Crippen LogP contribution in [0.15, 0.2) is 30.3 Å². The highest BCUT2D eigenvalue weighted by Gasteiger charge is 2.29. The van der Waals surface area contributed by atoms with Crippen LogP contribution in [0.4, 0.5) is 22.2 Å². The number of amides is 2. The van der Waals surface area contributed by atoms with Crippen LogP contribution in [0.5, 0.6) is 0 Å². The largest absolute Gasteiger partial charge is 0.372 e. The smallest absolute Gasteiger partial charge is 0.318 e. The number of hydrogen-bond donors (Lipinski definition) is 2. The van der Waals surface area contributed by atoms with Crippen molar-refractivity contribution in [2.75, 3.05) is 41.7 Å². The van der Waals surface area contributed by atoms with Gasteiger partial charge >= 0.3 is 6.03 Å². The Balaban J connectivity index is 1.47. The van der Waals surface area contributed by atoms with Gasteiger partial charge in [0.15, 0.2) is 0 Å². The van der Waals surface area contributed by atoms with Crippen LogP contribution in [0.2, 0.25) is 0 Å². The van der Waals surface area contributed by atoms with Gasteiger partial charge in [-0.1, -0.05) is 12.1 Å². The van der Waals surface area contributed by atoms with E-state index in [-0.39, 0.29) is 18.1 Å². The molecule has 2 aliphatic heterocycles.